The van der Waals surface area contributed by atoms with Crippen molar-refractivity contribution in [2.75, 3.05) is 0 Å². The van der Waals surface area contributed by atoms with Crippen molar-refractivity contribution in [3.63, 3.8) is 0 Å². The molecule has 0 unspecified atom stereocenters. The molecule has 1 amide bonds. The Morgan fingerprint density at radius 2 is 2.05 bits per heavy atom. The number of hydrazone groups is 1. The Kier molecular flexibility index (Phi) is 4.89. The topological polar surface area (TPSA) is 46.4 Å². The first-order valence-corrected chi connectivity index (χ1v) is 6.39. The molecule has 2 aromatic rings. The molecule has 4 heteroatoms. The lowest BCUT2D eigenvalue weighted by molar-refractivity contribution is -0.120. The van der Waals surface area contributed by atoms with Gasteiger partial charge in [0.1, 0.15) is 0 Å². The molecule has 1 aromatic heterocycles. The summed E-state index contributed by atoms with van der Waals surface area (Å²) in [6, 6.07) is 13.7. The van der Waals surface area contributed by atoms with Gasteiger partial charge in [-0.25, -0.2) is 5.43 Å². The van der Waals surface area contributed by atoms with Gasteiger partial charge in [-0.05, 0) is 23.8 Å². The van der Waals surface area contributed by atoms with Gasteiger partial charge in [0.2, 0.25) is 5.91 Å². The zero-order valence-electron chi connectivity index (χ0n) is 11.4. The van der Waals surface area contributed by atoms with Crippen LogP contribution in [0.2, 0.25) is 0 Å². The maximum absolute atomic E-state index is 11.6. The maximum atomic E-state index is 11.6. The number of hydrogen-bond acceptors (Lipinski definition) is 2. The fraction of sp³-hybridized carbons (Fsp3) is 0.125. The van der Waals surface area contributed by atoms with Crippen molar-refractivity contribution in [2.45, 2.75) is 6.42 Å². The van der Waals surface area contributed by atoms with Crippen molar-refractivity contribution in [1.29, 1.82) is 0 Å². The molecule has 0 spiro atoms. The third-order valence-electron chi connectivity index (χ3n) is 2.83. The highest BCUT2D eigenvalue weighted by molar-refractivity contribution is 5.82. The number of hydrogen-bond donors (Lipinski definition) is 1. The van der Waals surface area contributed by atoms with Gasteiger partial charge in [0, 0.05) is 25.2 Å². The molecule has 102 valence electrons. The monoisotopic (exact) mass is 267 g/mol. The van der Waals surface area contributed by atoms with E-state index in [1.807, 2.05) is 66.4 Å². The van der Waals surface area contributed by atoms with Gasteiger partial charge in [-0.2, -0.15) is 5.10 Å². The van der Waals surface area contributed by atoms with Crippen molar-refractivity contribution >= 4 is 18.2 Å². The molecule has 0 aliphatic rings. The van der Waals surface area contributed by atoms with E-state index in [2.05, 4.69) is 10.5 Å². The number of allylic oxidation sites excluding steroid dienone is 1. The maximum Gasteiger partial charge on any atom is 0.245 e. The molecule has 0 atom stereocenters. The van der Waals surface area contributed by atoms with Crippen LogP contribution in [0.25, 0.3) is 6.08 Å². The smallest absolute Gasteiger partial charge is 0.245 e. The van der Waals surface area contributed by atoms with Crippen LogP contribution in [0, 0.1) is 0 Å². The van der Waals surface area contributed by atoms with Crippen LogP contribution >= 0.6 is 0 Å². The molecule has 0 saturated carbocycles. The number of benzene rings is 1. The van der Waals surface area contributed by atoms with E-state index in [4.69, 9.17) is 0 Å². The Bertz CT molecular complexity index is 612. The molecule has 0 bridgehead atoms. The van der Waals surface area contributed by atoms with Crippen LogP contribution in [-0.2, 0) is 18.3 Å². The van der Waals surface area contributed by atoms with Crippen LogP contribution in [0.4, 0.5) is 0 Å². The number of rotatable bonds is 5. The van der Waals surface area contributed by atoms with Crippen LogP contribution in [0.5, 0.6) is 0 Å². The molecule has 0 saturated heterocycles. The van der Waals surface area contributed by atoms with Gasteiger partial charge in [-0.3, -0.25) is 4.79 Å². The third kappa shape index (κ3) is 4.24. The SMILES string of the molecule is Cn1cccc1CC(=O)NN=C/C=C/c1ccccc1. The Hall–Kier alpha value is -2.62. The first kappa shape index (κ1) is 13.8. The van der Waals surface area contributed by atoms with E-state index in [9.17, 15) is 4.79 Å². The fourth-order valence-corrected chi connectivity index (χ4v) is 1.75. The Morgan fingerprint density at radius 3 is 2.75 bits per heavy atom. The molecular weight excluding hydrogens is 250 g/mol. The molecule has 1 aromatic carbocycles. The second-order valence-corrected chi connectivity index (χ2v) is 4.37. The van der Waals surface area contributed by atoms with Crippen LogP contribution < -0.4 is 5.43 Å². The number of amides is 1. The zero-order chi connectivity index (χ0) is 14.2. The zero-order valence-corrected chi connectivity index (χ0v) is 11.4. The molecular formula is C16H17N3O. The van der Waals surface area contributed by atoms with E-state index in [1.54, 1.807) is 12.3 Å². The van der Waals surface area contributed by atoms with Crippen molar-refractivity contribution in [2.24, 2.45) is 12.1 Å². The first-order valence-electron chi connectivity index (χ1n) is 6.39. The van der Waals surface area contributed by atoms with E-state index >= 15 is 0 Å². The van der Waals surface area contributed by atoms with E-state index in [1.165, 1.54) is 0 Å². The van der Waals surface area contributed by atoms with Gasteiger partial charge in [0.25, 0.3) is 0 Å². The standard InChI is InChI=1S/C16H17N3O/c1-19-12-6-10-15(19)13-16(20)18-17-11-5-9-14-7-3-2-4-8-14/h2-12H,13H2,1H3,(H,18,20)/b9-5+,17-11?. The van der Waals surface area contributed by atoms with Gasteiger partial charge in [-0.1, -0.05) is 36.4 Å². The predicted molar refractivity (Wildman–Crippen MR) is 81.2 cm³/mol. The average molecular weight is 267 g/mol. The molecule has 1 heterocycles. The van der Waals surface area contributed by atoms with E-state index in [0.717, 1.165) is 11.3 Å². The lowest BCUT2D eigenvalue weighted by Gasteiger charge is -2.01. The highest BCUT2D eigenvalue weighted by Gasteiger charge is 2.03. The number of aromatic nitrogens is 1. The van der Waals surface area contributed by atoms with E-state index < -0.39 is 0 Å². The lowest BCUT2D eigenvalue weighted by atomic mass is 10.2. The Balaban J connectivity index is 1.77. The molecule has 4 nitrogen and oxygen atoms in total. The molecule has 0 radical (unpaired) electrons. The highest BCUT2D eigenvalue weighted by atomic mass is 16.2. The van der Waals surface area contributed by atoms with Crippen molar-refractivity contribution in [1.82, 2.24) is 9.99 Å². The van der Waals surface area contributed by atoms with Crippen molar-refractivity contribution in [3.8, 4) is 0 Å². The van der Waals surface area contributed by atoms with Crippen LogP contribution in [0.3, 0.4) is 0 Å². The van der Waals surface area contributed by atoms with Crippen molar-refractivity contribution < 1.29 is 4.79 Å². The quantitative estimate of drug-likeness (QED) is 0.656. The summed E-state index contributed by atoms with van der Waals surface area (Å²) in [6.45, 7) is 0. The number of carbonyl (C=O) groups is 1. The van der Waals surface area contributed by atoms with Gasteiger partial charge in [-0.15, -0.1) is 0 Å². The van der Waals surface area contributed by atoms with Crippen LogP contribution in [0.1, 0.15) is 11.3 Å². The van der Waals surface area contributed by atoms with E-state index in [-0.39, 0.29) is 5.91 Å². The predicted octanol–water partition coefficient (Wildman–Crippen LogP) is 2.38. The second kappa shape index (κ2) is 7.09. The summed E-state index contributed by atoms with van der Waals surface area (Å²) in [5, 5.41) is 3.88. The van der Waals surface area contributed by atoms with Crippen molar-refractivity contribution in [3.05, 3.63) is 66.0 Å². The normalized spacial score (nSPS) is 11.2. The summed E-state index contributed by atoms with van der Waals surface area (Å²) in [4.78, 5) is 11.6. The minimum absolute atomic E-state index is 0.129. The average Bonchev–Trinajstić information content (AvgIpc) is 2.85. The molecule has 2 rings (SSSR count). The molecule has 20 heavy (non-hydrogen) atoms. The third-order valence-corrected chi connectivity index (χ3v) is 2.83. The minimum atomic E-state index is -0.129. The summed E-state index contributed by atoms with van der Waals surface area (Å²) in [6.07, 6.45) is 7.51. The lowest BCUT2D eigenvalue weighted by Crippen LogP contribution is -2.20. The highest BCUT2D eigenvalue weighted by Crippen LogP contribution is 2.00. The summed E-state index contributed by atoms with van der Waals surface area (Å²) in [5.74, 6) is -0.129. The Morgan fingerprint density at radius 1 is 1.25 bits per heavy atom. The molecule has 0 aliphatic carbocycles. The van der Waals surface area contributed by atoms with Crippen LogP contribution in [-0.4, -0.2) is 16.7 Å². The van der Waals surface area contributed by atoms with Gasteiger partial charge in [0.15, 0.2) is 0 Å². The number of nitrogens with zero attached hydrogens (tertiary/aromatic N) is 2. The van der Waals surface area contributed by atoms with Gasteiger partial charge < -0.3 is 4.57 Å². The molecule has 0 aliphatic heterocycles. The van der Waals surface area contributed by atoms with Gasteiger partial charge >= 0.3 is 0 Å². The number of aryl methyl sites for hydroxylation is 1. The van der Waals surface area contributed by atoms with E-state index in [0.29, 0.717) is 6.42 Å². The molecule has 0 fully saturated rings. The second-order valence-electron chi connectivity index (χ2n) is 4.37. The summed E-state index contributed by atoms with van der Waals surface area (Å²) in [7, 11) is 1.91. The minimum Gasteiger partial charge on any atom is -0.354 e. The van der Waals surface area contributed by atoms with Crippen LogP contribution in [0.15, 0.2) is 59.8 Å². The summed E-state index contributed by atoms with van der Waals surface area (Å²) < 4.78 is 1.92. The van der Waals surface area contributed by atoms with Gasteiger partial charge in [0.05, 0.1) is 6.42 Å². The first-order chi connectivity index (χ1) is 9.75. The summed E-state index contributed by atoms with van der Waals surface area (Å²) >= 11 is 0. The summed E-state index contributed by atoms with van der Waals surface area (Å²) in [5.41, 5.74) is 4.55. The molecule has 1 N–H and O–H groups in total. The fourth-order valence-electron chi connectivity index (χ4n) is 1.75. The largest absolute Gasteiger partial charge is 0.354 e. The number of nitrogens with one attached hydrogen (secondary N) is 1. The number of carbonyl (C=O) groups excluding carboxylic acids is 1. The Labute approximate surface area is 118 Å².